The van der Waals surface area contributed by atoms with E-state index in [-0.39, 0.29) is 18.5 Å². The number of halogens is 1. The van der Waals surface area contributed by atoms with E-state index in [1.807, 2.05) is 18.2 Å². The third-order valence-corrected chi connectivity index (χ3v) is 6.82. The lowest BCUT2D eigenvalue weighted by molar-refractivity contribution is 0.0522. The molecule has 0 spiro atoms. The molecule has 1 fully saturated rings. The van der Waals surface area contributed by atoms with Crippen molar-refractivity contribution in [2.75, 3.05) is 34.2 Å². The van der Waals surface area contributed by atoms with Gasteiger partial charge in [-0.2, -0.15) is 5.26 Å². The number of aromatic nitrogens is 1. The van der Waals surface area contributed by atoms with Crippen molar-refractivity contribution in [1.29, 1.82) is 5.26 Å². The summed E-state index contributed by atoms with van der Waals surface area (Å²) in [7, 11) is 2.89. The number of fused-ring (bicyclic) bond motifs is 1. The maximum atomic E-state index is 14.0. The number of hydrogen-bond donors (Lipinski definition) is 0. The molecule has 0 N–H and O–H groups in total. The van der Waals surface area contributed by atoms with Gasteiger partial charge in [-0.25, -0.2) is 9.18 Å². The zero-order chi connectivity index (χ0) is 26.6. The van der Waals surface area contributed by atoms with Crippen molar-refractivity contribution in [2.24, 2.45) is 0 Å². The molecule has 5 rings (SSSR count). The molecule has 0 unspecified atom stereocenters. The number of nitrogens with zero attached hydrogens (tertiary/aromatic N) is 2. The minimum Gasteiger partial charge on any atom is -0.467 e. The summed E-state index contributed by atoms with van der Waals surface area (Å²) in [5, 5.41) is 10.6. The highest BCUT2D eigenvalue weighted by molar-refractivity contribution is 6.04. The fraction of sp³-hybridized carbons (Fsp3) is 0.267. The molecular weight excluding hydrogens is 487 g/mol. The highest BCUT2D eigenvalue weighted by Crippen LogP contribution is 2.47. The van der Waals surface area contributed by atoms with Gasteiger partial charge in [0, 0.05) is 43.2 Å². The Hall–Kier alpha value is -4.19. The lowest BCUT2D eigenvalue weighted by Crippen LogP contribution is -2.17. The Bertz CT molecular complexity index is 1500. The van der Waals surface area contributed by atoms with E-state index in [1.54, 1.807) is 30.3 Å². The average molecular weight is 515 g/mol. The summed E-state index contributed by atoms with van der Waals surface area (Å²) in [6.07, 6.45) is 1.59. The van der Waals surface area contributed by atoms with Crippen LogP contribution in [0.25, 0.3) is 27.7 Å². The lowest BCUT2D eigenvalue weighted by Gasteiger charge is -2.26. The topological polar surface area (TPSA) is 82.7 Å². The van der Waals surface area contributed by atoms with Gasteiger partial charge in [0.05, 0.1) is 35.2 Å². The molecule has 1 saturated heterocycles. The van der Waals surface area contributed by atoms with Crippen LogP contribution in [0.2, 0.25) is 0 Å². The van der Waals surface area contributed by atoms with Crippen LogP contribution in [0.4, 0.5) is 4.39 Å². The second-order valence-electron chi connectivity index (χ2n) is 9.06. The Balaban J connectivity index is 1.88. The summed E-state index contributed by atoms with van der Waals surface area (Å²) in [4.78, 5) is 12.1. The van der Waals surface area contributed by atoms with Crippen LogP contribution < -0.4 is 4.74 Å². The fourth-order valence-corrected chi connectivity index (χ4v) is 5.11. The lowest BCUT2D eigenvalue weighted by atomic mass is 9.89. The number of hydrogen-bond acceptors (Lipinski definition) is 6. The Morgan fingerprint density at radius 1 is 1.08 bits per heavy atom. The van der Waals surface area contributed by atoms with E-state index < -0.39 is 5.97 Å². The van der Waals surface area contributed by atoms with Crippen molar-refractivity contribution < 1.29 is 28.1 Å². The fourth-order valence-electron chi connectivity index (χ4n) is 5.11. The minimum atomic E-state index is -0.419. The number of methoxy groups -OCH3 is 2. The molecule has 194 valence electrons. The first-order valence-corrected chi connectivity index (χ1v) is 12.3. The van der Waals surface area contributed by atoms with E-state index in [1.165, 1.54) is 26.4 Å². The first kappa shape index (κ1) is 25.5. The molecule has 0 bridgehead atoms. The molecule has 0 saturated carbocycles. The van der Waals surface area contributed by atoms with Crippen LogP contribution in [-0.2, 0) is 14.2 Å². The molecule has 8 heteroatoms. The standard InChI is InChI=1S/C30H27FN2O5/c1-35-18-38-26-16-19(17-32)15-25-28(26)27(20-3-5-22(6-4-20)30(34)36-2)29(21-11-13-37-14-12-21)33(25)24-9-7-23(31)8-10-24/h3-10,15-16,21H,11-14,18H2,1-2H3. The van der Waals surface area contributed by atoms with E-state index in [4.69, 9.17) is 18.9 Å². The predicted molar refractivity (Wildman–Crippen MR) is 140 cm³/mol. The van der Waals surface area contributed by atoms with Gasteiger partial charge in [0.25, 0.3) is 0 Å². The van der Waals surface area contributed by atoms with E-state index in [9.17, 15) is 14.4 Å². The number of nitriles is 1. The molecule has 38 heavy (non-hydrogen) atoms. The average Bonchev–Trinajstić information content (AvgIpc) is 3.31. The van der Waals surface area contributed by atoms with Gasteiger partial charge in [0.1, 0.15) is 11.6 Å². The quantitative estimate of drug-likeness (QED) is 0.223. The number of carbonyl (C=O) groups is 1. The maximum Gasteiger partial charge on any atom is 0.337 e. The smallest absolute Gasteiger partial charge is 0.337 e. The molecule has 0 atom stereocenters. The van der Waals surface area contributed by atoms with Gasteiger partial charge >= 0.3 is 5.97 Å². The molecule has 1 aliphatic rings. The number of esters is 1. The number of carbonyl (C=O) groups excluding carboxylic acids is 1. The third kappa shape index (κ3) is 4.74. The molecule has 0 amide bonds. The Kier molecular flexibility index (Phi) is 7.40. The molecule has 7 nitrogen and oxygen atoms in total. The van der Waals surface area contributed by atoms with E-state index in [2.05, 4.69) is 10.6 Å². The third-order valence-electron chi connectivity index (χ3n) is 6.82. The summed E-state index contributed by atoms with van der Waals surface area (Å²) in [5.74, 6) is -0.129. The number of benzene rings is 3. The van der Waals surface area contributed by atoms with Gasteiger partial charge < -0.3 is 23.5 Å². The van der Waals surface area contributed by atoms with Crippen molar-refractivity contribution in [3.8, 4) is 28.6 Å². The van der Waals surface area contributed by atoms with Crippen molar-refractivity contribution in [1.82, 2.24) is 4.57 Å². The second-order valence-corrected chi connectivity index (χ2v) is 9.06. The Morgan fingerprint density at radius 2 is 1.79 bits per heavy atom. The van der Waals surface area contributed by atoms with Gasteiger partial charge in [0.15, 0.2) is 6.79 Å². The summed E-state index contributed by atoms with van der Waals surface area (Å²) >= 11 is 0. The van der Waals surface area contributed by atoms with Gasteiger partial charge in [-0.1, -0.05) is 12.1 Å². The first-order valence-electron chi connectivity index (χ1n) is 12.3. The SMILES string of the molecule is COCOc1cc(C#N)cc2c1c(-c1ccc(C(=O)OC)cc1)c(C1CCOCC1)n2-c1ccc(F)cc1. The van der Waals surface area contributed by atoms with Crippen LogP contribution in [0.15, 0.2) is 60.7 Å². The second kappa shape index (κ2) is 11.1. The van der Waals surface area contributed by atoms with Crippen LogP contribution >= 0.6 is 0 Å². The molecule has 3 aromatic carbocycles. The minimum absolute atomic E-state index is 0.000962. The van der Waals surface area contributed by atoms with Crippen molar-refractivity contribution in [2.45, 2.75) is 18.8 Å². The first-order chi connectivity index (χ1) is 18.5. The molecule has 2 heterocycles. The van der Waals surface area contributed by atoms with Crippen LogP contribution in [0, 0.1) is 17.1 Å². The van der Waals surface area contributed by atoms with Gasteiger partial charge in [0.2, 0.25) is 0 Å². The largest absolute Gasteiger partial charge is 0.467 e. The highest BCUT2D eigenvalue weighted by atomic mass is 19.1. The molecule has 4 aromatic rings. The van der Waals surface area contributed by atoms with Gasteiger partial charge in [-0.15, -0.1) is 0 Å². The zero-order valence-corrected chi connectivity index (χ0v) is 21.2. The molecule has 0 aliphatic carbocycles. The van der Waals surface area contributed by atoms with Crippen LogP contribution in [-0.4, -0.2) is 44.8 Å². The van der Waals surface area contributed by atoms with Crippen LogP contribution in [0.5, 0.6) is 5.75 Å². The number of ether oxygens (including phenoxy) is 4. The molecule has 1 aromatic heterocycles. The summed E-state index contributed by atoms with van der Waals surface area (Å²) in [6, 6.07) is 19.3. The molecule has 0 radical (unpaired) electrons. The van der Waals surface area contributed by atoms with Gasteiger partial charge in [-0.05, 0) is 66.9 Å². The normalized spacial score (nSPS) is 13.8. The van der Waals surface area contributed by atoms with Crippen molar-refractivity contribution in [3.05, 3.63) is 83.3 Å². The predicted octanol–water partition coefficient (Wildman–Crippen LogP) is 5.97. The zero-order valence-electron chi connectivity index (χ0n) is 21.2. The molecular formula is C30H27FN2O5. The molecule has 1 aliphatic heterocycles. The maximum absolute atomic E-state index is 14.0. The summed E-state index contributed by atoms with van der Waals surface area (Å²) in [5.41, 5.74) is 5.20. The van der Waals surface area contributed by atoms with E-state index in [0.717, 1.165) is 46.3 Å². The van der Waals surface area contributed by atoms with E-state index >= 15 is 0 Å². The van der Waals surface area contributed by atoms with Gasteiger partial charge in [-0.3, -0.25) is 0 Å². The summed E-state index contributed by atoms with van der Waals surface area (Å²) < 4.78 is 37.8. The van der Waals surface area contributed by atoms with E-state index in [0.29, 0.717) is 30.1 Å². The highest BCUT2D eigenvalue weighted by Gasteiger charge is 2.30. The summed E-state index contributed by atoms with van der Waals surface area (Å²) in [6.45, 7) is 1.23. The van der Waals surface area contributed by atoms with Crippen LogP contribution in [0.1, 0.15) is 40.4 Å². The Morgan fingerprint density at radius 3 is 2.42 bits per heavy atom. The Labute approximate surface area is 219 Å². The number of rotatable bonds is 7. The van der Waals surface area contributed by atoms with Crippen molar-refractivity contribution >= 4 is 16.9 Å². The van der Waals surface area contributed by atoms with Crippen molar-refractivity contribution in [3.63, 3.8) is 0 Å². The monoisotopic (exact) mass is 514 g/mol. The van der Waals surface area contributed by atoms with Crippen LogP contribution in [0.3, 0.4) is 0 Å².